The molecule has 0 fully saturated rings. The van der Waals surface area contributed by atoms with Crippen molar-refractivity contribution in [2.75, 3.05) is 24.9 Å². The third-order valence-corrected chi connectivity index (χ3v) is 5.63. The standard InChI is InChI=1S/C23H25Br2N3O4S/c1-4-5-6-20(29)27-18-9-8-16(13-19(18)31-2)26-23(33)28-21(30)10-7-14-11-15(24)12-17(25)22(14)32-3/h7-13H,4-6H2,1-3H3,(H,27,29)(H2,26,28,30,33)/b10-7+. The van der Waals surface area contributed by atoms with E-state index in [0.717, 1.165) is 21.8 Å². The Morgan fingerprint density at radius 3 is 2.52 bits per heavy atom. The second kappa shape index (κ2) is 13.3. The molecular formula is C23H25Br2N3O4S. The molecule has 0 heterocycles. The minimum Gasteiger partial charge on any atom is -0.495 e. The van der Waals surface area contributed by atoms with E-state index in [1.165, 1.54) is 13.2 Å². The fourth-order valence-electron chi connectivity index (χ4n) is 2.82. The molecule has 176 valence electrons. The number of halogens is 2. The molecule has 0 atom stereocenters. The van der Waals surface area contributed by atoms with Gasteiger partial charge >= 0.3 is 0 Å². The Morgan fingerprint density at radius 1 is 1.09 bits per heavy atom. The molecule has 10 heteroatoms. The quantitative estimate of drug-likeness (QED) is 0.247. The number of carbonyl (C=O) groups is 2. The van der Waals surface area contributed by atoms with Crippen molar-refractivity contribution in [2.24, 2.45) is 0 Å². The van der Waals surface area contributed by atoms with Gasteiger partial charge < -0.3 is 20.1 Å². The number of amides is 2. The summed E-state index contributed by atoms with van der Waals surface area (Å²) in [5.74, 6) is 0.611. The smallest absolute Gasteiger partial charge is 0.250 e. The molecule has 0 unspecified atom stereocenters. The summed E-state index contributed by atoms with van der Waals surface area (Å²) in [4.78, 5) is 24.3. The van der Waals surface area contributed by atoms with Crippen LogP contribution in [0.25, 0.3) is 6.08 Å². The molecule has 0 radical (unpaired) electrons. The molecule has 0 aliphatic rings. The Balaban J connectivity index is 2.00. The summed E-state index contributed by atoms with van der Waals surface area (Å²) >= 11 is 12.1. The topological polar surface area (TPSA) is 88.7 Å². The average Bonchev–Trinajstić information content (AvgIpc) is 2.76. The maximum Gasteiger partial charge on any atom is 0.250 e. The van der Waals surface area contributed by atoms with Gasteiger partial charge in [0, 0.05) is 34.3 Å². The van der Waals surface area contributed by atoms with E-state index in [-0.39, 0.29) is 11.0 Å². The van der Waals surface area contributed by atoms with Gasteiger partial charge in [-0.1, -0.05) is 29.3 Å². The average molecular weight is 599 g/mol. The van der Waals surface area contributed by atoms with Crippen molar-refractivity contribution in [2.45, 2.75) is 26.2 Å². The van der Waals surface area contributed by atoms with Crippen LogP contribution in [0.15, 0.2) is 45.4 Å². The highest BCUT2D eigenvalue weighted by atomic mass is 79.9. The number of nitrogens with one attached hydrogen (secondary N) is 3. The second-order valence-electron chi connectivity index (χ2n) is 6.85. The molecule has 0 saturated heterocycles. The van der Waals surface area contributed by atoms with Crippen LogP contribution in [0.1, 0.15) is 31.7 Å². The summed E-state index contributed by atoms with van der Waals surface area (Å²) in [6.07, 6.45) is 5.21. The number of hydrogen-bond donors (Lipinski definition) is 3. The summed E-state index contributed by atoms with van der Waals surface area (Å²) in [5.41, 5.74) is 1.88. The first kappa shape index (κ1) is 26.8. The molecule has 0 aromatic heterocycles. The summed E-state index contributed by atoms with van der Waals surface area (Å²) < 4.78 is 12.3. The highest BCUT2D eigenvalue weighted by molar-refractivity contribution is 9.11. The highest BCUT2D eigenvalue weighted by Gasteiger charge is 2.11. The molecule has 0 bridgehead atoms. The lowest BCUT2D eigenvalue weighted by Gasteiger charge is -2.13. The molecule has 2 rings (SSSR count). The number of anilines is 2. The molecule has 2 amide bonds. The van der Waals surface area contributed by atoms with E-state index in [9.17, 15) is 9.59 Å². The fourth-order valence-corrected chi connectivity index (χ4v) is 4.46. The molecule has 0 saturated carbocycles. The van der Waals surface area contributed by atoms with E-state index in [2.05, 4.69) is 47.8 Å². The van der Waals surface area contributed by atoms with Gasteiger partial charge in [0.25, 0.3) is 0 Å². The number of thiocarbonyl (C=S) groups is 1. The van der Waals surface area contributed by atoms with Crippen LogP contribution in [0.5, 0.6) is 11.5 Å². The van der Waals surface area contributed by atoms with Gasteiger partial charge in [0.1, 0.15) is 11.5 Å². The summed E-state index contributed by atoms with van der Waals surface area (Å²) in [6, 6.07) is 8.82. The first-order chi connectivity index (χ1) is 15.8. The highest BCUT2D eigenvalue weighted by Crippen LogP contribution is 2.33. The van der Waals surface area contributed by atoms with Crippen LogP contribution >= 0.6 is 44.1 Å². The van der Waals surface area contributed by atoms with Crippen molar-refractivity contribution in [3.63, 3.8) is 0 Å². The zero-order valence-electron chi connectivity index (χ0n) is 18.5. The third-order valence-electron chi connectivity index (χ3n) is 4.38. The maximum absolute atomic E-state index is 12.3. The molecule has 0 aliphatic carbocycles. The Bertz CT molecular complexity index is 1060. The van der Waals surface area contributed by atoms with Gasteiger partial charge in [-0.3, -0.25) is 14.9 Å². The number of hydrogen-bond acceptors (Lipinski definition) is 5. The lowest BCUT2D eigenvalue weighted by Crippen LogP contribution is -2.32. The predicted molar refractivity (Wildman–Crippen MR) is 143 cm³/mol. The van der Waals surface area contributed by atoms with Gasteiger partial charge in [-0.15, -0.1) is 0 Å². The zero-order valence-corrected chi connectivity index (χ0v) is 22.4. The van der Waals surface area contributed by atoms with Gasteiger partial charge in [-0.25, -0.2) is 0 Å². The monoisotopic (exact) mass is 597 g/mol. The van der Waals surface area contributed by atoms with E-state index >= 15 is 0 Å². The number of methoxy groups -OCH3 is 2. The molecule has 0 aliphatic heterocycles. The minimum atomic E-state index is -0.405. The van der Waals surface area contributed by atoms with Gasteiger partial charge in [-0.05, 0) is 64.9 Å². The summed E-state index contributed by atoms with van der Waals surface area (Å²) in [5, 5.41) is 8.48. The van der Waals surface area contributed by atoms with Crippen molar-refractivity contribution in [3.8, 4) is 11.5 Å². The predicted octanol–water partition coefficient (Wildman–Crippen LogP) is 5.88. The normalized spacial score (nSPS) is 10.6. The van der Waals surface area contributed by atoms with E-state index in [1.54, 1.807) is 31.4 Å². The lowest BCUT2D eigenvalue weighted by atomic mass is 10.2. The van der Waals surface area contributed by atoms with Crippen molar-refractivity contribution in [1.29, 1.82) is 0 Å². The summed E-state index contributed by atoms with van der Waals surface area (Å²) in [7, 11) is 3.07. The first-order valence-electron chi connectivity index (χ1n) is 10.1. The van der Waals surface area contributed by atoms with E-state index in [4.69, 9.17) is 21.7 Å². The van der Waals surface area contributed by atoms with Crippen LogP contribution in [0.4, 0.5) is 11.4 Å². The molecule has 33 heavy (non-hydrogen) atoms. The van der Waals surface area contributed by atoms with Crippen molar-refractivity contribution in [1.82, 2.24) is 5.32 Å². The number of benzene rings is 2. The summed E-state index contributed by atoms with van der Waals surface area (Å²) in [6.45, 7) is 2.03. The van der Waals surface area contributed by atoms with E-state index < -0.39 is 5.91 Å². The third kappa shape index (κ3) is 8.45. The molecule has 2 aromatic rings. The van der Waals surface area contributed by atoms with Crippen LogP contribution in [0.3, 0.4) is 0 Å². The van der Waals surface area contributed by atoms with E-state index in [1.807, 2.05) is 19.1 Å². The lowest BCUT2D eigenvalue weighted by molar-refractivity contribution is -0.116. The van der Waals surface area contributed by atoms with Crippen LogP contribution < -0.4 is 25.4 Å². The van der Waals surface area contributed by atoms with Gasteiger partial charge in [0.05, 0.1) is 24.4 Å². The van der Waals surface area contributed by atoms with E-state index in [0.29, 0.717) is 34.9 Å². The molecule has 7 nitrogen and oxygen atoms in total. The zero-order chi connectivity index (χ0) is 24.4. The van der Waals surface area contributed by atoms with Crippen LogP contribution in [-0.4, -0.2) is 31.1 Å². The largest absolute Gasteiger partial charge is 0.495 e. The molecule has 0 spiro atoms. The molecule has 2 aromatic carbocycles. The van der Waals surface area contributed by atoms with Gasteiger partial charge in [0.15, 0.2) is 5.11 Å². The van der Waals surface area contributed by atoms with Crippen LogP contribution in [0.2, 0.25) is 0 Å². The van der Waals surface area contributed by atoms with Crippen molar-refractivity contribution in [3.05, 3.63) is 50.9 Å². The first-order valence-corrected chi connectivity index (χ1v) is 12.1. The van der Waals surface area contributed by atoms with Gasteiger partial charge in [0.2, 0.25) is 11.8 Å². The van der Waals surface area contributed by atoms with Crippen molar-refractivity contribution < 1.29 is 19.1 Å². The molecule has 3 N–H and O–H groups in total. The number of rotatable bonds is 9. The Labute approximate surface area is 215 Å². The fraction of sp³-hybridized carbons (Fsp3) is 0.261. The Morgan fingerprint density at radius 2 is 1.85 bits per heavy atom. The second-order valence-corrected chi connectivity index (χ2v) is 9.03. The van der Waals surface area contributed by atoms with Crippen LogP contribution in [-0.2, 0) is 9.59 Å². The number of unbranched alkanes of at least 4 members (excludes halogenated alkanes) is 1. The number of ether oxygens (including phenoxy) is 2. The number of carbonyl (C=O) groups excluding carboxylic acids is 2. The molecular weight excluding hydrogens is 574 g/mol. The SMILES string of the molecule is CCCCC(=O)Nc1ccc(NC(=S)NC(=O)/C=C/c2cc(Br)cc(Br)c2OC)cc1OC. The Hall–Kier alpha value is -2.43. The van der Waals surface area contributed by atoms with Crippen molar-refractivity contribution >= 4 is 78.5 Å². The minimum absolute atomic E-state index is 0.0699. The Kier molecular flexibility index (Phi) is 10.8. The van der Waals surface area contributed by atoms with Gasteiger partial charge in [-0.2, -0.15) is 0 Å². The maximum atomic E-state index is 12.3. The van der Waals surface area contributed by atoms with Crippen LogP contribution in [0, 0.1) is 0 Å².